The van der Waals surface area contributed by atoms with Crippen LogP contribution < -0.4 is 20.1 Å². The van der Waals surface area contributed by atoms with Crippen molar-refractivity contribution < 1.29 is 22.7 Å². The zero-order valence-corrected chi connectivity index (χ0v) is 14.5. The lowest BCUT2D eigenvalue weighted by molar-refractivity contribution is 0.0492. The van der Waals surface area contributed by atoms with Crippen molar-refractivity contribution in [2.45, 2.75) is 6.10 Å². The third-order valence-corrected chi connectivity index (χ3v) is 4.90. The van der Waals surface area contributed by atoms with E-state index in [4.69, 9.17) is 19.5 Å². The Kier molecular flexibility index (Phi) is 4.67. The van der Waals surface area contributed by atoms with Crippen molar-refractivity contribution in [2.75, 3.05) is 14.2 Å². The number of nitrogens with one attached hydrogen (secondary N) is 1. The van der Waals surface area contributed by atoms with Gasteiger partial charge in [0.2, 0.25) is 10.0 Å². The number of ether oxygens (including phenoxy) is 2. The Bertz CT molecular complexity index is 890. The Hall–Kier alpha value is -2.55. The van der Waals surface area contributed by atoms with Gasteiger partial charge in [-0.05, 0) is 42.0 Å². The first-order valence-electron chi connectivity index (χ1n) is 7.41. The van der Waals surface area contributed by atoms with Crippen LogP contribution in [0.2, 0.25) is 0 Å². The molecule has 7 nitrogen and oxygen atoms in total. The molecule has 1 heterocycles. The van der Waals surface area contributed by atoms with Gasteiger partial charge in [-0.2, -0.15) is 0 Å². The third-order valence-electron chi connectivity index (χ3n) is 3.87. The molecule has 2 aromatic rings. The van der Waals surface area contributed by atoms with Gasteiger partial charge in [-0.1, -0.05) is 12.1 Å². The Labute approximate surface area is 146 Å². The summed E-state index contributed by atoms with van der Waals surface area (Å²) in [4.78, 5) is 5.49. The molecule has 0 saturated carbocycles. The maximum absolute atomic E-state index is 12.2. The van der Waals surface area contributed by atoms with Crippen LogP contribution in [0.3, 0.4) is 0 Å². The van der Waals surface area contributed by atoms with Crippen molar-refractivity contribution in [2.24, 2.45) is 5.14 Å². The number of hydrogen-bond donors (Lipinski definition) is 2. The van der Waals surface area contributed by atoms with Gasteiger partial charge >= 0.3 is 0 Å². The van der Waals surface area contributed by atoms with E-state index in [1.165, 1.54) is 0 Å². The number of hydrogen-bond acceptors (Lipinski definition) is 6. The summed E-state index contributed by atoms with van der Waals surface area (Å²) in [5.74, 6) is 1.32. The second-order valence-corrected chi connectivity index (χ2v) is 6.92. The molecule has 25 heavy (non-hydrogen) atoms. The van der Waals surface area contributed by atoms with Crippen LogP contribution in [0.15, 0.2) is 53.4 Å². The largest absolute Gasteiger partial charge is 0.497 e. The van der Waals surface area contributed by atoms with Gasteiger partial charge < -0.3 is 9.47 Å². The Balaban J connectivity index is 2.06. The van der Waals surface area contributed by atoms with Crippen LogP contribution in [0.4, 0.5) is 0 Å². The lowest BCUT2D eigenvalue weighted by atomic mass is 10.1. The molecule has 8 heteroatoms. The minimum absolute atomic E-state index is 0.0252. The molecule has 0 spiro atoms. The van der Waals surface area contributed by atoms with Gasteiger partial charge in [-0.15, -0.1) is 0 Å². The van der Waals surface area contributed by atoms with Gasteiger partial charge in [0.05, 0.1) is 19.9 Å². The van der Waals surface area contributed by atoms with Crippen LogP contribution in [-0.2, 0) is 14.9 Å². The summed E-state index contributed by atoms with van der Waals surface area (Å²) in [6.45, 7) is 0. The van der Waals surface area contributed by atoms with E-state index >= 15 is 0 Å². The molecule has 1 atom stereocenters. The van der Waals surface area contributed by atoms with Crippen LogP contribution in [0.25, 0.3) is 5.70 Å². The first-order chi connectivity index (χ1) is 11.9. The van der Waals surface area contributed by atoms with Gasteiger partial charge in [0.1, 0.15) is 22.5 Å². The van der Waals surface area contributed by atoms with Crippen LogP contribution >= 0.6 is 0 Å². The maximum atomic E-state index is 12.2. The van der Waals surface area contributed by atoms with Crippen molar-refractivity contribution >= 4 is 15.7 Å². The normalized spacial score (nSPS) is 17.3. The third kappa shape index (κ3) is 3.46. The zero-order chi connectivity index (χ0) is 18.0. The zero-order valence-electron chi connectivity index (χ0n) is 13.7. The number of rotatable bonds is 5. The summed E-state index contributed by atoms with van der Waals surface area (Å²) in [7, 11) is -0.887. The van der Waals surface area contributed by atoms with E-state index in [0.29, 0.717) is 28.3 Å². The first kappa shape index (κ1) is 17.3. The highest BCUT2D eigenvalue weighted by molar-refractivity contribution is 7.93. The minimum atomic E-state index is -4.00. The lowest BCUT2D eigenvalue weighted by Crippen LogP contribution is -2.19. The van der Waals surface area contributed by atoms with Gasteiger partial charge in [0, 0.05) is 5.56 Å². The first-order valence-corrected chi connectivity index (χ1v) is 8.95. The molecule has 0 amide bonds. The lowest BCUT2D eigenvalue weighted by Gasteiger charge is -2.12. The number of methoxy groups -OCH3 is 2. The van der Waals surface area contributed by atoms with Crippen molar-refractivity contribution in [3.05, 3.63) is 64.6 Å². The Morgan fingerprint density at radius 3 is 1.96 bits per heavy atom. The Morgan fingerprint density at radius 1 is 0.960 bits per heavy atom. The highest BCUT2D eigenvalue weighted by Gasteiger charge is 2.36. The fourth-order valence-electron chi connectivity index (χ4n) is 2.60. The van der Waals surface area contributed by atoms with E-state index in [9.17, 15) is 8.42 Å². The number of benzene rings is 2. The van der Waals surface area contributed by atoms with E-state index in [2.05, 4.69) is 5.48 Å². The maximum Gasteiger partial charge on any atom is 0.239 e. The summed E-state index contributed by atoms with van der Waals surface area (Å²) in [5.41, 5.74) is 4.27. The minimum Gasteiger partial charge on any atom is -0.497 e. The topological polar surface area (TPSA) is 99.9 Å². The van der Waals surface area contributed by atoms with Gasteiger partial charge in [-0.3, -0.25) is 10.3 Å². The molecule has 1 unspecified atom stereocenters. The summed E-state index contributed by atoms with van der Waals surface area (Å²) in [6, 6.07) is 13.8. The second-order valence-electron chi connectivity index (χ2n) is 5.39. The average molecular weight is 362 g/mol. The van der Waals surface area contributed by atoms with Crippen LogP contribution in [0.5, 0.6) is 11.5 Å². The van der Waals surface area contributed by atoms with Crippen LogP contribution in [-0.4, -0.2) is 22.6 Å². The SMILES string of the molecule is COc1ccc(C2=C(S(N)(=O)=O)C(c3ccc(OC)cc3)ON2)cc1. The van der Waals surface area contributed by atoms with E-state index in [1.54, 1.807) is 62.8 Å². The Morgan fingerprint density at radius 2 is 1.48 bits per heavy atom. The number of sulfonamides is 1. The van der Waals surface area contributed by atoms with Crippen molar-refractivity contribution in [3.63, 3.8) is 0 Å². The quantitative estimate of drug-likeness (QED) is 0.843. The molecule has 3 N–H and O–H groups in total. The van der Waals surface area contributed by atoms with Crippen LogP contribution in [0, 0.1) is 0 Å². The number of hydroxylamine groups is 1. The number of primary sulfonamides is 1. The molecule has 1 aliphatic heterocycles. The predicted molar refractivity (Wildman–Crippen MR) is 93.0 cm³/mol. The summed E-state index contributed by atoms with van der Waals surface area (Å²) >= 11 is 0. The monoisotopic (exact) mass is 362 g/mol. The number of nitrogens with two attached hydrogens (primary N) is 1. The van der Waals surface area contributed by atoms with Crippen molar-refractivity contribution in [3.8, 4) is 11.5 Å². The average Bonchev–Trinajstić information content (AvgIpc) is 3.07. The highest BCUT2D eigenvalue weighted by Crippen LogP contribution is 2.38. The van der Waals surface area contributed by atoms with E-state index in [-0.39, 0.29) is 4.91 Å². The fraction of sp³-hybridized carbons (Fsp3) is 0.176. The van der Waals surface area contributed by atoms with Crippen molar-refractivity contribution in [1.29, 1.82) is 0 Å². The van der Waals surface area contributed by atoms with E-state index in [1.807, 2.05) is 0 Å². The standard InChI is InChI=1S/C17H18N2O5S/c1-22-13-7-3-11(4-8-13)15-17(25(18,20)21)16(24-19-15)12-5-9-14(23-2)10-6-12/h3-10,16,19H,1-2H3,(H2,18,20,21). The predicted octanol–water partition coefficient (Wildman–Crippen LogP) is 1.94. The summed E-state index contributed by atoms with van der Waals surface area (Å²) < 4.78 is 34.6. The molecule has 0 bridgehead atoms. The van der Waals surface area contributed by atoms with Crippen LogP contribution in [0.1, 0.15) is 17.2 Å². The second kappa shape index (κ2) is 6.75. The van der Waals surface area contributed by atoms with Gasteiger partial charge in [0.25, 0.3) is 0 Å². The smallest absolute Gasteiger partial charge is 0.239 e. The molecule has 0 aliphatic carbocycles. The molecule has 0 radical (unpaired) electrons. The van der Waals surface area contributed by atoms with E-state index in [0.717, 1.165) is 0 Å². The molecule has 2 aromatic carbocycles. The van der Waals surface area contributed by atoms with E-state index < -0.39 is 16.1 Å². The van der Waals surface area contributed by atoms with Gasteiger partial charge in [0.15, 0.2) is 0 Å². The molecule has 0 fully saturated rings. The molecule has 0 aromatic heterocycles. The molecular weight excluding hydrogens is 344 g/mol. The molecular formula is C17H18N2O5S. The molecule has 3 rings (SSSR count). The fourth-order valence-corrected chi connectivity index (χ4v) is 3.53. The highest BCUT2D eigenvalue weighted by atomic mass is 32.2. The summed E-state index contributed by atoms with van der Waals surface area (Å²) in [6.07, 6.45) is -0.849. The molecule has 132 valence electrons. The molecule has 1 aliphatic rings. The van der Waals surface area contributed by atoms with Crippen molar-refractivity contribution in [1.82, 2.24) is 5.48 Å². The molecule has 0 saturated heterocycles. The summed E-state index contributed by atoms with van der Waals surface area (Å²) in [5, 5.41) is 5.45. The van der Waals surface area contributed by atoms with Gasteiger partial charge in [-0.25, -0.2) is 13.6 Å².